The number of pyridine rings is 1. The monoisotopic (exact) mass is 220 g/mol. The minimum atomic E-state index is -0.790. The SMILES string of the molecule is O=C(O)C1(Nc2cccnc2)CCCCC1. The average Bonchev–Trinajstić information content (AvgIpc) is 2.31. The van der Waals surface area contributed by atoms with Crippen LogP contribution in [0, 0.1) is 0 Å². The van der Waals surface area contributed by atoms with Gasteiger partial charge in [0.1, 0.15) is 5.54 Å². The first-order valence-corrected chi connectivity index (χ1v) is 5.65. The first-order valence-electron chi connectivity index (χ1n) is 5.65. The highest BCUT2D eigenvalue weighted by atomic mass is 16.4. The number of hydrogen-bond donors (Lipinski definition) is 2. The Balaban J connectivity index is 2.17. The molecule has 0 unspecified atom stereocenters. The maximum Gasteiger partial charge on any atom is 0.329 e. The van der Waals surface area contributed by atoms with Crippen molar-refractivity contribution in [1.29, 1.82) is 0 Å². The van der Waals surface area contributed by atoms with E-state index in [1.807, 2.05) is 6.07 Å². The van der Waals surface area contributed by atoms with Crippen molar-refractivity contribution in [3.05, 3.63) is 24.5 Å². The molecule has 1 aromatic heterocycles. The van der Waals surface area contributed by atoms with E-state index >= 15 is 0 Å². The Hall–Kier alpha value is -1.58. The molecule has 0 bridgehead atoms. The number of nitrogens with zero attached hydrogens (tertiary/aromatic N) is 1. The van der Waals surface area contributed by atoms with Crippen molar-refractivity contribution in [2.75, 3.05) is 5.32 Å². The van der Waals surface area contributed by atoms with E-state index < -0.39 is 11.5 Å². The van der Waals surface area contributed by atoms with E-state index in [1.165, 1.54) is 0 Å². The first-order chi connectivity index (χ1) is 7.73. The van der Waals surface area contributed by atoms with Crippen molar-refractivity contribution >= 4 is 11.7 Å². The molecule has 4 nitrogen and oxygen atoms in total. The van der Waals surface area contributed by atoms with Gasteiger partial charge in [-0.1, -0.05) is 19.3 Å². The zero-order chi connectivity index (χ0) is 11.4. The molecule has 1 aliphatic carbocycles. The quantitative estimate of drug-likeness (QED) is 0.820. The molecule has 0 aliphatic heterocycles. The molecule has 16 heavy (non-hydrogen) atoms. The lowest BCUT2D eigenvalue weighted by Gasteiger charge is -2.34. The molecule has 0 radical (unpaired) electrons. The largest absolute Gasteiger partial charge is 0.480 e. The number of hydrogen-bond acceptors (Lipinski definition) is 3. The molecule has 0 saturated heterocycles. The summed E-state index contributed by atoms with van der Waals surface area (Å²) in [5, 5.41) is 12.5. The van der Waals surface area contributed by atoms with E-state index in [2.05, 4.69) is 10.3 Å². The molecule has 1 aliphatic rings. The number of rotatable bonds is 3. The second kappa shape index (κ2) is 4.51. The van der Waals surface area contributed by atoms with Gasteiger partial charge in [0.2, 0.25) is 0 Å². The molecule has 0 amide bonds. The zero-order valence-corrected chi connectivity index (χ0v) is 9.15. The third kappa shape index (κ3) is 2.15. The molecular formula is C12H16N2O2. The summed E-state index contributed by atoms with van der Waals surface area (Å²) in [4.78, 5) is 15.4. The summed E-state index contributed by atoms with van der Waals surface area (Å²) in [6.07, 6.45) is 7.80. The van der Waals surface area contributed by atoms with Crippen LogP contribution in [0.5, 0.6) is 0 Å². The number of carboxylic acid groups (broad SMARTS) is 1. The van der Waals surface area contributed by atoms with Crippen LogP contribution in [0.15, 0.2) is 24.5 Å². The van der Waals surface area contributed by atoms with Gasteiger partial charge in [-0.05, 0) is 25.0 Å². The second-order valence-electron chi connectivity index (χ2n) is 4.31. The summed E-state index contributed by atoms with van der Waals surface area (Å²) >= 11 is 0. The molecule has 4 heteroatoms. The molecule has 1 fully saturated rings. The summed E-state index contributed by atoms with van der Waals surface area (Å²) in [5.74, 6) is -0.754. The fourth-order valence-electron chi connectivity index (χ4n) is 2.26. The van der Waals surface area contributed by atoms with Gasteiger partial charge in [-0.25, -0.2) is 4.79 Å². The Morgan fingerprint density at radius 3 is 2.69 bits per heavy atom. The van der Waals surface area contributed by atoms with Crippen LogP contribution in [0.3, 0.4) is 0 Å². The van der Waals surface area contributed by atoms with Crippen LogP contribution in [0.25, 0.3) is 0 Å². The minimum absolute atomic E-state index is 0.692. The van der Waals surface area contributed by atoms with E-state index in [1.54, 1.807) is 18.5 Å². The Morgan fingerprint density at radius 1 is 1.38 bits per heavy atom. The molecule has 0 spiro atoms. The number of aromatic nitrogens is 1. The van der Waals surface area contributed by atoms with E-state index in [0.717, 1.165) is 24.9 Å². The van der Waals surface area contributed by atoms with Gasteiger partial charge in [0.15, 0.2) is 0 Å². The number of carbonyl (C=O) groups is 1. The highest BCUT2D eigenvalue weighted by Gasteiger charge is 2.39. The molecule has 86 valence electrons. The second-order valence-corrected chi connectivity index (χ2v) is 4.31. The number of aliphatic carboxylic acids is 1. The predicted molar refractivity (Wildman–Crippen MR) is 61.3 cm³/mol. The highest BCUT2D eigenvalue weighted by Crippen LogP contribution is 2.31. The highest BCUT2D eigenvalue weighted by molar-refractivity contribution is 5.82. The third-order valence-corrected chi connectivity index (χ3v) is 3.16. The molecule has 1 aromatic rings. The van der Waals surface area contributed by atoms with Crippen molar-refractivity contribution in [2.45, 2.75) is 37.6 Å². The van der Waals surface area contributed by atoms with E-state index in [-0.39, 0.29) is 0 Å². The predicted octanol–water partition coefficient (Wildman–Crippen LogP) is 2.28. The summed E-state index contributed by atoms with van der Waals surface area (Å²) in [5.41, 5.74) is -0.00632. The number of carboxylic acids is 1. The van der Waals surface area contributed by atoms with Crippen molar-refractivity contribution in [3.8, 4) is 0 Å². The molecule has 0 atom stereocenters. The Kier molecular flexibility index (Phi) is 3.08. The summed E-state index contributed by atoms with van der Waals surface area (Å²) < 4.78 is 0. The van der Waals surface area contributed by atoms with Crippen LogP contribution >= 0.6 is 0 Å². The lowest BCUT2D eigenvalue weighted by Crippen LogP contribution is -2.47. The fraction of sp³-hybridized carbons (Fsp3) is 0.500. The van der Waals surface area contributed by atoms with Gasteiger partial charge in [0.05, 0.1) is 5.69 Å². The summed E-state index contributed by atoms with van der Waals surface area (Å²) in [6, 6.07) is 3.66. The molecule has 1 heterocycles. The lowest BCUT2D eigenvalue weighted by atomic mass is 9.81. The van der Waals surface area contributed by atoms with Crippen molar-refractivity contribution < 1.29 is 9.90 Å². The van der Waals surface area contributed by atoms with Gasteiger partial charge in [0, 0.05) is 12.4 Å². The van der Waals surface area contributed by atoms with Crippen molar-refractivity contribution in [2.24, 2.45) is 0 Å². The van der Waals surface area contributed by atoms with Gasteiger partial charge >= 0.3 is 5.97 Å². The Bertz CT molecular complexity index is 359. The van der Waals surface area contributed by atoms with E-state index in [4.69, 9.17) is 0 Å². The van der Waals surface area contributed by atoms with E-state index in [0.29, 0.717) is 12.8 Å². The topological polar surface area (TPSA) is 62.2 Å². The van der Waals surface area contributed by atoms with Gasteiger partial charge in [0.25, 0.3) is 0 Å². The third-order valence-electron chi connectivity index (χ3n) is 3.16. The molecule has 0 aromatic carbocycles. The van der Waals surface area contributed by atoms with E-state index in [9.17, 15) is 9.90 Å². The van der Waals surface area contributed by atoms with Crippen molar-refractivity contribution in [1.82, 2.24) is 4.98 Å². The first kappa shape index (κ1) is 10.9. The normalized spacial score (nSPS) is 19.0. The maximum atomic E-state index is 11.4. The maximum absolute atomic E-state index is 11.4. The average molecular weight is 220 g/mol. The smallest absolute Gasteiger partial charge is 0.329 e. The fourth-order valence-corrected chi connectivity index (χ4v) is 2.26. The van der Waals surface area contributed by atoms with Crippen LogP contribution in [0.2, 0.25) is 0 Å². The number of nitrogens with one attached hydrogen (secondary N) is 1. The Labute approximate surface area is 94.7 Å². The van der Waals surface area contributed by atoms with Crippen LogP contribution in [-0.2, 0) is 4.79 Å². The minimum Gasteiger partial charge on any atom is -0.480 e. The van der Waals surface area contributed by atoms with Crippen LogP contribution in [-0.4, -0.2) is 21.6 Å². The zero-order valence-electron chi connectivity index (χ0n) is 9.15. The summed E-state index contributed by atoms with van der Waals surface area (Å²) in [7, 11) is 0. The Morgan fingerprint density at radius 2 is 2.12 bits per heavy atom. The molecule has 1 saturated carbocycles. The van der Waals surface area contributed by atoms with Gasteiger partial charge in [-0.2, -0.15) is 0 Å². The van der Waals surface area contributed by atoms with Crippen LogP contribution < -0.4 is 5.32 Å². The van der Waals surface area contributed by atoms with Crippen LogP contribution in [0.1, 0.15) is 32.1 Å². The lowest BCUT2D eigenvalue weighted by molar-refractivity contribution is -0.143. The molecule has 2 N–H and O–H groups in total. The number of anilines is 1. The standard InChI is InChI=1S/C12H16N2O2/c15-11(16)12(6-2-1-3-7-12)14-10-5-4-8-13-9-10/h4-5,8-9,14H,1-3,6-7H2,(H,15,16). The summed E-state index contributed by atoms with van der Waals surface area (Å²) in [6.45, 7) is 0. The molecular weight excluding hydrogens is 204 g/mol. The molecule has 2 rings (SSSR count). The van der Waals surface area contributed by atoms with Gasteiger partial charge < -0.3 is 10.4 Å². The van der Waals surface area contributed by atoms with Crippen molar-refractivity contribution in [3.63, 3.8) is 0 Å². The van der Waals surface area contributed by atoms with Gasteiger partial charge in [-0.15, -0.1) is 0 Å². The van der Waals surface area contributed by atoms with Gasteiger partial charge in [-0.3, -0.25) is 4.98 Å². The van der Waals surface area contributed by atoms with Crippen LogP contribution in [0.4, 0.5) is 5.69 Å².